The second kappa shape index (κ2) is 5.84. The second-order valence-electron chi connectivity index (χ2n) is 3.61. The highest BCUT2D eigenvalue weighted by atomic mass is 79.9. The molecule has 2 aromatic rings. The lowest BCUT2D eigenvalue weighted by Crippen LogP contribution is -2.03. The molecule has 0 spiro atoms. The summed E-state index contributed by atoms with van der Waals surface area (Å²) in [5.41, 5.74) is 6.51. The molecule has 4 nitrogen and oxygen atoms in total. The molecule has 2 rings (SSSR count). The summed E-state index contributed by atoms with van der Waals surface area (Å²) in [4.78, 5) is 7.40. The monoisotopic (exact) mass is 295 g/mol. The maximum atomic E-state index is 5.64. The van der Waals surface area contributed by atoms with Gasteiger partial charge in [-0.05, 0) is 34.6 Å². The van der Waals surface area contributed by atoms with E-state index < -0.39 is 0 Å². The number of nitrogens with two attached hydrogens (primary N) is 1. The minimum absolute atomic E-state index is 0.424. The Balaban J connectivity index is 1.95. The summed E-state index contributed by atoms with van der Waals surface area (Å²) < 4.78 is 6.58. The standard InChI is InChI=1S/C12H14BrN3O/c13-10-3-1-2-4-11(10)17-8-12-15-7-9(16-12)5-6-14/h1-4,7H,5-6,8,14H2,(H,15,16). The van der Waals surface area contributed by atoms with Crippen molar-refractivity contribution in [3.8, 4) is 5.75 Å². The number of nitrogens with one attached hydrogen (secondary N) is 1. The third-order valence-corrected chi connectivity index (χ3v) is 2.95. The van der Waals surface area contributed by atoms with Crippen LogP contribution in [-0.2, 0) is 13.0 Å². The molecule has 3 N–H and O–H groups in total. The Labute approximate surface area is 108 Å². The molecule has 0 bridgehead atoms. The van der Waals surface area contributed by atoms with Gasteiger partial charge in [0.2, 0.25) is 0 Å². The molecule has 0 radical (unpaired) electrons. The Kier molecular flexibility index (Phi) is 4.17. The predicted octanol–water partition coefficient (Wildman–Crippen LogP) is 2.25. The zero-order chi connectivity index (χ0) is 12.1. The fourth-order valence-corrected chi connectivity index (χ4v) is 1.87. The third-order valence-electron chi connectivity index (χ3n) is 2.30. The number of para-hydroxylation sites is 1. The molecular formula is C12H14BrN3O. The maximum Gasteiger partial charge on any atom is 0.146 e. The maximum absolute atomic E-state index is 5.64. The normalized spacial score (nSPS) is 10.5. The Morgan fingerprint density at radius 1 is 1.35 bits per heavy atom. The van der Waals surface area contributed by atoms with Crippen LogP contribution in [0.1, 0.15) is 11.5 Å². The lowest BCUT2D eigenvalue weighted by atomic mass is 10.3. The second-order valence-corrected chi connectivity index (χ2v) is 4.47. The van der Waals surface area contributed by atoms with Crippen LogP contribution >= 0.6 is 15.9 Å². The predicted molar refractivity (Wildman–Crippen MR) is 69.8 cm³/mol. The van der Waals surface area contributed by atoms with Gasteiger partial charge in [-0.15, -0.1) is 0 Å². The molecule has 5 heteroatoms. The number of hydrogen-bond acceptors (Lipinski definition) is 3. The Morgan fingerprint density at radius 3 is 2.94 bits per heavy atom. The third kappa shape index (κ3) is 3.31. The first-order valence-electron chi connectivity index (χ1n) is 5.39. The van der Waals surface area contributed by atoms with Crippen LogP contribution in [0.3, 0.4) is 0 Å². The zero-order valence-electron chi connectivity index (χ0n) is 9.32. The number of nitrogens with zero attached hydrogens (tertiary/aromatic N) is 1. The molecule has 0 fully saturated rings. The van der Waals surface area contributed by atoms with Crippen molar-refractivity contribution in [3.05, 3.63) is 46.5 Å². The molecule has 0 saturated heterocycles. The van der Waals surface area contributed by atoms with E-state index in [0.717, 1.165) is 28.2 Å². The Hall–Kier alpha value is -1.33. The van der Waals surface area contributed by atoms with Gasteiger partial charge in [-0.1, -0.05) is 12.1 Å². The first-order chi connectivity index (χ1) is 8.29. The van der Waals surface area contributed by atoms with Gasteiger partial charge in [0.15, 0.2) is 0 Å². The quantitative estimate of drug-likeness (QED) is 0.889. The lowest BCUT2D eigenvalue weighted by molar-refractivity contribution is 0.295. The SMILES string of the molecule is NCCc1cnc(COc2ccccc2Br)[nH]1. The minimum atomic E-state index is 0.424. The molecule has 0 atom stereocenters. The van der Waals surface area contributed by atoms with Crippen molar-refractivity contribution in [1.82, 2.24) is 9.97 Å². The molecular weight excluding hydrogens is 282 g/mol. The molecule has 0 unspecified atom stereocenters. The number of imidazole rings is 1. The van der Waals surface area contributed by atoms with E-state index in [1.54, 1.807) is 6.20 Å². The van der Waals surface area contributed by atoms with Crippen molar-refractivity contribution >= 4 is 15.9 Å². The molecule has 90 valence electrons. The van der Waals surface area contributed by atoms with Crippen LogP contribution < -0.4 is 10.5 Å². The number of rotatable bonds is 5. The van der Waals surface area contributed by atoms with E-state index >= 15 is 0 Å². The molecule has 1 aromatic heterocycles. The molecule has 0 aliphatic rings. The molecule has 0 saturated carbocycles. The van der Waals surface area contributed by atoms with E-state index in [1.165, 1.54) is 0 Å². The van der Waals surface area contributed by atoms with E-state index in [4.69, 9.17) is 10.5 Å². The van der Waals surface area contributed by atoms with Gasteiger partial charge >= 0.3 is 0 Å². The van der Waals surface area contributed by atoms with Gasteiger partial charge in [-0.3, -0.25) is 0 Å². The summed E-state index contributed by atoms with van der Waals surface area (Å²) in [6, 6.07) is 7.73. The van der Waals surface area contributed by atoms with Crippen LogP contribution in [0.5, 0.6) is 5.75 Å². The van der Waals surface area contributed by atoms with Crippen LogP contribution in [0.25, 0.3) is 0 Å². The minimum Gasteiger partial charge on any atom is -0.485 e. The molecule has 0 amide bonds. The first-order valence-corrected chi connectivity index (χ1v) is 6.19. The number of aromatic amines is 1. The molecule has 0 aliphatic carbocycles. The van der Waals surface area contributed by atoms with Crippen LogP contribution in [0.4, 0.5) is 0 Å². The largest absolute Gasteiger partial charge is 0.485 e. The van der Waals surface area contributed by atoms with Gasteiger partial charge in [0.25, 0.3) is 0 Å². The average Bonchev–Trinajstić information content (AvgIpc) is 2.76. The van der Waals surface area contributed by atoms with Crippen LogP contribution in [0, 0.1) is 0 Å². The van der Waals surface area contributed by atoms with Crippen molar-refractivity contribution in [3.63, 3.8) is 0 Å². The van der Waals surface area contributed by atoms with Crippen LogP contribution in [0.15, 0.2) is 34.9 Å². The number of H-pyrrole nitrogens is 1. The topological polar surface area (TPSA) is 63.9 Å². The highest BCUT2D eigenvalue weighted by Crippen LogP contribution is 2.24. The van der Waals surface area contributed by atoms with Gasteiger partial charge in [-0.2, -0.15) is 0 Å². The molecule has 1 heterocycles. The highest BCUT2D eigenvalue weighted by molar-refractivity contribution is 9.10. The lowest BCUT2D eigenvalue weighted by Gasteiger charge is -2.05. The molecule has 0 aliphatic heterocycles. The van der Waals surface area contributed by atoms with Gasteiger partial charge in [0.1, 0.15) is 18.2 Å². The number of halogens is 1. The highest BCUT2D eigenvalue weighted by Gasteiger charge is 2.03. The van der Waals surface area contributed by atoms with Crippen molar-refractivity contribution in [2.45, 2.75) is 13.0 Å². The van der Waals surface area contributed by atoms with E-state index in [0.29, 0.717) is 13.2 Å². The number of benzene rings is 1. The number of aromatic nitrogens is 2. The summed E-state index contributed by atoms with van der Waals surface area (Å²) in [5.74, 6) is 1.62. The molecule has 1 aromatic carbocycles. The van der Waals surface area contributed by atoms with E-state index in [9.17, 15) is 0 Å². The summed E-state index contributed by atoms with van der Waals surface area (Å²) in [6.45, 7) is 1.04. The fourth-order valence-electron chi connectivity index (χ4n) is 1.47. The van der Waals surface area contributed by atoms with Crippen molar-refractivity contribution < 1.29 is 4.74 Å². The summed E-state index contributed by atoms with van der Waals surface area (Å²) in [6.07, 6.45) is 2.60. The van der Waals surface area contributed by atoms with E-state index in [-0.39, 0.29) is 0 Å². The van der Waals surface area contributed by atoms with E-state index in [1.807, 2.05) is 24.3 Å². The van der Waals surface area contributed by atoms with Gasteiger partial charge < -0.3 is 15.5 Å². The fraction of sp³-hybridized carbons (Fsp3) is 0.250. The van der Waals surface area contributed by atoms with Gasteiger partial charge in [0.05, 0.1) is 4.47 Å². The Morgan fingerprint density at radius 2 is 2.18 bits per heavy atom. The number of ether oxygens (including phenoxy) is 1. The van der Waals surface area contributed by atoms with Gasteiger partial charge in [-0.25, -0.2) is 4.98 Å². The average molecular weight is 296 g/mol. The van der Waals surface area contributed by atoms with Crippen molar-refractivity contribution in [2.24, 2.45) is 5.73 Å². The summed E-state index contributed by atoms with van der Waals surface area (Å²) >= 11 is 3.43. The van der Waals surface area contributed by atoms with Crippen LogP contribution in [-0.4, -0.2) is 16.5 Å². The number of hydrogen-bond donors (Lipinski definition) is 2. The molecule has 17 heavy (non-hydrogen) atoms. The zero-order valence-corrected chi connectivity index (χ0v) is 10.9. The summed E-state index contributed by atoms with van der Waals surface area (Å²) in [5, 5.41) is 0. The van der Waals surface area contributed by atoms with Crippen LogP contribution in [0.2, 0.25) is 0 Å². The van der Waals surface area contributed by atoms with E-state index in [2.05, 4.69) is 25.9 Å². The van der Waals surface area contributed by atoms with Gasteiger partial charge in [0, 0.05) is 18.3 Å². The summed E-state index contributed by atoms with van der Waals surface area (Å²) in [7, 11) is 0. The smallest absolute Gasteiger partial charge is 0.146 e. The van der Waals surface area contributed by atoms with Crippen molar-refractivity contribution in [1.29, 1.82) is 0 Å². The van der Waals surface area contributed by atoms with Crippen molar-refractivity contribution in [2.75, 3.05) is 6.54 Å². The Bertz CT molecular complexity index is 484. The first kappa shape index (κ1) is 12.1.